The van der Waals surface area contributed by atoms with E-state index in [2.05, 4.69) is 10.6 Å². The van der Waals surface area contributed by atoms with Crippen LogP contribution in [0.2, 0.25) is 0 Å². The predicted octanol–water partition coefficient (Wildman–Crippen LogP) is 2.65. The van der Waals surface area contributed by atoms with Crippen LogP contribution in [-0.2, 0) is 4.79 Å². The molecule has 0 bridgehead atoms. The van der Waals surface area contributed by atoms with Crippen molar-refractivity contribution < 1.29 is 14.7 Å². The lowest BCUT2D eigenvalue weighted by Crippen LogP contribution is -2.52. The Morgan fingerprint density at radius 2 is 1.70 bits per heavy atom. The zero-order valence-corrected chi connectivity index (χ0v) is 12.1. The van der Waals surface area contributed by atoms with E-state index in [0.29, 0.717) is 5.92 Å². The van der Waals surface area contributed by atoms with Crippen LogP contribution in [-0.4, -0.2) is 29.2 Å². The minimum Gasteiger partial charge on any atom is -0.481 e. The number of hydrogen-bond donors (Lipinski definition) is 3. The molecule has 0 spiro atoms. The standard InChI is InChI=1S/C15H26N2O3/c18-13(19)10-15(8-4-5-9-15)17-14(20)16-11-12-6-2-1-3-7-12/h12H,1-11H2,(H,18,19)(H2,16,17,20). The summed E-state index contributed by atoms with van der Waals surface area (Å²) in [4.78, 5) is 23.0. The molecule has 5 nitrogen and oxygen atoms in total. The largest absolute Gasteiger partial charge is 0.481 e. The van der Waals surface area contributed by atoms with Gasteiger partial charge >= 0.3 is 12.0 Å². The first-order chi connectivity index (χ1) is 9.60. The molecule has 2 fully saturated rings. The summed E-state index contributed by atoms with van der Waals surface area (Å²) in [5.74, 6) is -0.243. The highest BCUT2D eigenvalue weighted by atomic mass is 16.4. The van der Waals surface area contributed by atoms with Gasteiger partial charge in [0.15, 0.2) is 0 Å². The van der Waals surface area contributed by atoms with Gasteiger partial charge in [0, 0.05) is 6.54 Å². The third-order valence-electron chi connectivity index (χ3n) is 4.71. The van der Waals surface area contributed by atoms with E-state index in [1.165, 1.54) is 32.1 Å². The van der Waals surface area contributed by atoms with Crippen molar-refractivity contribution in [2.75, 3.05) is 6.54 Å². The Labute approximate surface area is 120 Å². The molecule has 0 aromatic carbocycles. The van der Waals surface area contributed by atoms with Gasteiger partial charge < -0.3 is 15.7 Å². The smallest absolute Gasteiger partial charge is 0.315 e. The SMILES string of the molecule is O=C(O)CC1(NC(=O)NCC2CCCCC2)CCCC1. The Hall–Kier alpha value is -1.26. The van der Waals surface area contributed by atoms with Gasteiger partial charge in [0.25, 0.3) is 0 Å². The number of rotatable bonds is 5. The molecule has 2 rings (SSSR count). The molecule has 5 heteroatoms. The molecule has 0 radical (unpaired) electrons. The molecule has 20 heavy (non-hydrogen) atoms. The highest BCUT2D eigenvalue weighted by Crippen LogP contribution is 2.32. The Morgan fingerprint density at radius 1 is 1.05 bits per heavy atom. The number of amides is 2. The highest BCUT2D eigenvalue weighted by molar-refractivity contribution is 5.76. The van der Waals surface area contributed by atoms with Gasteiger partial charge in [-0.05, 0) is 31.6 Å². The maximum absolute atomic E-state index is 12.0. The monoisotopic (exact) mass is 282 g/mol. The maximum atomic E-state index is 12.0. The minimum absolute atomic E-state index is 0.0316. The number of aliphatic carboxylic acids is 1. The number of hydrogen-bond acceptors (Lipinski definition) is 2. The Bertz CT molecular complexity index is 345. The van der Waals surface area contributed by atoms with E-state index < -0.39 is 11.5 Å². The molecule has 2 aliphatic carbocycles. The van der Waals surface area contributed by atoms with E-state index in [0.717, 1.165) is 32.2 Å². The quantitative estimate of drug-likeness (QED) is 0.725. The molecule has 0 aromatic heterocycles. The van der Waals surface area contributed by atoms with Crippen LogP contribution in [0.15, 0.2) is 0 Å². The van der Waals surface area contributed by atoms with E-state index in [1.807, 2.05) is 0 Å². The zero-order valence-electron chi connectivity index (χ0n) is 12.1. The topological polar surface area (TPSA) is 78.4 Å². The molecule has 114 valence electrons. The first-order valence-corrected chi connectivity index (χ1v) is 7.87. The van der Waals surface area contributed by atoms with Crippen LogP contribution in [0, 0.1) is 5.92 Å². The summed E-state index contributed by atoms with van der Waals surface area (Å²) in [6.45, 7) is 0.717. The van der Waals surface area contributed by atoms with E-state index >= 15 is 0 Å². The van der Waals surface area contributed by atoms with E-state index in [9.17, 15) is 9.59 Å². The lowest BCUT2D eigenvalue weighted by atomic mass is 9.89. The second-order valence-corrected chi connectivity index (χ2v) is 6.40. The fraction of sp³-hybridized carbons (Fsp3) is 0.867. The van der Waals surface area contributed by atoms with Crippen LogP contribution >= 0.6 is 0 Å². The van der Waals surface area contributed by atoms with E-state index in [-0.39, 0.29) is 12.5 Å². The molecule has 0 heterocycles. The molecular weight excluding hydrogens is 256 g/mol. The number of carbonyl (C=O) groups is 2. The molecule has 2 saturated carbocycles. The third kappa shape index (κ3) is 4.39. The lowest BCUT2D eigenvalue weighted by Gasteiger charge is -2.29. The average Bonchev–Trinajstić information content (AvgIpc) is 2.85. The van der Waals surface area contributed by atoms with Gasteiger partial charge in [0.05, 0.1) is 12.0 Å². The van der Waals surface area contributed by atoms with E-state index in [4.69, 9.17) is 5.11 Å². The van der Waals surface area contributed by atoms with Crippen molar-refractivity contribution in [3.8, 4) is 0 Å². The summed E-state index contributed by atoms with van der Waals surface area (Å²) in [6.07, 6.45) is 9.79. The second-order valence-electron chi connectivity index (χ2n) is 6.40. The second kappa shape index (κ2) is 6.95. The molecular formula is C15H26N2O3. The Morgan fingerprint density at radius 3 is 2.30 bits per heavy atom. The van der Waals surface area contributed by atoms with Gasteiger partial charge in [-0.25, -0.2) is 4.79 Å². The number of carboxylic acid groups (broad SMARTS) is 1. The number of urea groups is 1. The first kappa shape index (κ1) is 15.1. The van der Waals surface area contributed by atoms with Crippen LogP contribution < -0.4 is 10.6 Å². The molecule has 2 amide bonds. The average molecular weight is 282 g/mol. The van der Waals surface area contributed by atoms with Crippen molar-refractivity contribution in [3.05, 3.63) is 0 Å². The molecule has 3 N–H and O–H groups in total. The van der Waals surface area contributed by atoms with Crippen LogP contribution in [0.3, 0.4) is 0 Å². The number of nitrogens with one attached hydrogen (secondary N) is 2. The van der Waals surface area contributed by atoms with Crippen molar-refractivity contribution in [2.45, 2.75) is 69.7 Å². The Kier molecular flexibility index (Phi) is 5.26. The van der Waals surface area contributed by atoms with Gasteiger partial charge in [-0.2, -0.15) is 0 Å². The van der Waals surface area contributed by atoms with Crippen molar-refractivity contribution in [1.29, 1.82) is 0 Å². The van der Waals surface area contributed by atoms with Crippen LogP contribution in [0.4, 0.5) is 4.79 Å². The molecule has 0 aliphatic heterocycles. The summed E-state index contributed by atoms with van der Waals surface area (Å²) >= 11 is 0. The summed E-state index contributed by atoms with van der Waals surface area (Å²) in [6, 6.07) is -0.196. The maximum Gasteiger partial charge on any atom is 0.315 e. The Balaban J connectivity index is 1.77. The van der Waals surface area contributed by atoms with Crippen molar-refractivity contribution >= 4 is 12.0 Å². The van der Waals surface area contributed by atoms with Gasteiger partial charge in [0.1, 0.15) is 0 Å². The first-order valence-electron chi connectivity index (χ1n) is 7.87. The summed E-state index contributed by atoms with van der Waals surface area (Å²) in [5, 5.41) is 14.9. The van der Waals surface area contributed by atoms with Gasteiger partial charge in [-0.1, -0.05) is 32.1 Å². The van der Waals surface area contributed by atoms with Gasteiger partial charge in [-0.3, -0.25) is 4.79 Å². The molecule has 0 unspecified atom stereocenters. The van der Waals surface area contributed by atoms with E-state index in [1.54, 1.807) is 0 Å². The zero-order chi connectivity index (χ0) is 14.4. The van der Waals surface area contributed by atoms with Crippen LogP contribution in [0.1, 0.15) is 64.2 Å². The normalized spacial score (nSPS) is 22.4. The number of carboxylic acids is 1. The van der Waals surface area contributed by atoms with Crippen LogP contribution in [0.5, 0.6) is 0 Å². The predicted molar refractivity (Wildman–Crippen MR) is 76.6 cm³/mol. The molecule has 0 atom stereocenters. The minimum atomic E-state index is -0.834. The lowest BCUT2D eigenvalue weighted by molar-refractivity contribution is -0.138. The number of carbonyl (C=O) groups excluding carboxylic acids is 1. The van der Waals surface area contributed by atoms with Crippen molar-refractivity contribution in [2.24, 2.45) is 5.92 Å². The molecule has 0 saturated heterocycles. The van der Waals surface area contributed by atoms with Crippen molar-refractivity contribution in [3.63, 3.8) is 0 Å². The fourth-order valence-corrected chi connectivity index (χ4v) is 3.60. The third-order valence-corrected chi connectivity index (χ3v) is 4.71. The van der Waals surface area contributed by atoms with Crippen LogP contribution in [0.25, 0.3) is 0 Å². The summed E-state index contributed by atoms with van der Waals surface area (Å²) in [5.41, 5.74) is -0.525. The van der Waals surface area contributed by atoms with Gasteiger partial charge in [-0.15, -0.1) is 0 Å². The summed E-state index contributed by atoms with van der Waals surface area (Å²) < 4.78 is 0. The summed E-state index contributed by atoms with van der Waals surface area (Å²) in [7, 11) is 0. The van der Waals surface area contributed by atoms with Crippen molar-refractivity contribution in [1.82, 2.24) is 10.6 Å². The molecule has 0 aromatic rings. The van der Waals surface area contributed by atoms with Gasteiger partial charge in [0.2, 0.25) is 0 Å². The molecule has 2 aliphatic rings. The highest BCUT2D eigenvalue weighted by Gasteiger charge is 2.37. The fourth-order valence-electron chi connectivity index (χ4n) is 3.60.